The zero-order chi connectivity index (χ0) is 12.1. The van der Waals surface area contributed by atoms with E-state index >= 15 is 0 Å². The topological polar surface area (TPSA) is 50.3 Å². The van der Waals surface area contributed by atoms with E-state index in [9.17, 15) is 0 Å². The lowest BCUT2D eigenvalue weighted by molar-refractivity contribution is 0.181. The van der Waals surface area contributed by atoms with Gasteiger partial charge in [0, 0.05) is 45.8 Å². The summed E-state index contributed by atoms with van der Waals surface area (Å²) in [5, 5.41) is 3.34. The number of rotatable bonds is 4. The molecule has 17 heavy (non-hydrogen) atoms. The second-order valence-corrected chi connectivity index (χ2v) is 4.16. The molecule has 0 aliphatic carbocycles. The molecule has 1 aliphatic rings. The minimum Gasteiger partial charge on any atom is -0.378 e. The first-order valence-electron chi connectivity index (χ1n) is 6.15. The zero-order valence-corrected chi connectivity index (χ0v) is 10.6. The number of methoxy groups -OCH3 is 1. The Labute approximate surface area is 102 Å². The number of nitrogens with one attached hydrogen (secondary N) is 1. The molecule has 0 unspecified atom stereocenters. The van der Waals surface area contributed by atoms with Crippen molar-refractivity contribution in [2.24, 2.45) is 0 Å². The fraction of sp³-hybridized carbons (Fsp3) is 0.667. The zero-order valence-electron chi connectivity index (χ0n) is 10.6. The van der Waals surface area contributed by atoms with Crippen LogP contribution in [0.2, 0.25) is 0 Å². The van der Waals surface area contributed by atoms with Gasteiger partial charge < -0.3 is 15.0 Å². The molecule has 0 spiro atoms. The third-order valence-electron chi connectivity index (χ3n) is 2.86. The summed E-state index contributed by atoms with van der Waals surface area (Å²) in [5.74, 6) is 1.93. The Bertz CT molecular complexity index is 364. The highest BCUT2D eigenvalue weighted by atomic mass is 16.5. The second-order valence-electron chi connectivity index (χ2n) is 4.16. The molecular weight excluding hydrogens is 216 g/mol. The molecule has 94 valence electrons. The normalized spacial score (nSPS) is 16.2. The van der Waals surface area contributed by atoms with Gasteiger partial charge in [0.05, 0.1) is 12.3 Å². The minimum atomic E-state index is 0.550. The maximum Gasteiger partial charge on any atom is 0.132 e. The molecule has 0 aromatic carbocycles. The van der Waals surface area contributed by atoms with E-state index in [2.05, 4.69) is 27.1 Å². The molecule has 1 aliphatic heterocycles. The Morgan fingerprint density at radius 1 is 1.35 bits per heavy atom. The average Bonchev–Trinajstić information content (AvgIpc) is 2.40. The van der Waals surface area contributed by atoms with Crippen molar-refractivity contribution in [3.05, 3.63) is 17.6 Å². The highest BCUT2D eigenvalue weighted by molar-refractivity contribution is 5.40. The predicted molar refractivity (Wildman–Crippen MR) is 67.2 cm³/mol. The molecule has 0 atom stereocenters. The number of piperazine rings is 1. The Kier molecular flexibility index (Phi) is 4.28. The van der Waals surface area contributed by atoms with Gasteiger partial charge in [0.2, 0.25) is 0 Å². The number of ether oxygens (including phenoxy) is 1. The number of aryl methyl sites for hydroxylation is 1. The highest BCUT2D eigenvalue weighted by Crippen LogP contribution is 2.14. The van der Waals surface area contributed by atoms with Crippen molar-refractivity contribution in [1.29, 1.82) is 0 Å². The van der Waals surface area contributed by atoms with Crippen LogP contribution in [0.1, 0.15) is 18.4 Å². The van der Waals surface area contributed by atoms with E-state index in [1.165, 1.54) is 0 Å². The van der Waals surface area contributed by atoms with Crippen LogP contribution in [0.3, 0.4) is 0 Å². The van der Waals surface area contributed by atoms with Crippen molar-refractivity contribution in [2.75, 3.05) is 38.2 Å². The summed E-state index contributed by atoms with van der Waals surface area (Å²) in [4.78, 5) is 11.3. The SMILES string of the molecule is CCc1nc(COC)cc(N2CCNCC2)n1. The van der Waals surface area contributed by atoms with Crippen LogP contribution < -0.4 is 10.2 Å². The third kappa shape index (κ3) is 3.14. The monoisotopic (exact) mass is 236 g/mol. The smallest absolute Gasteiger partial charge is 0.132 e. The van der Waals surface area contributed by atoms with E-state index in [4.69, 9.17) is 4.74 Å². The fourth-order valence-electron chi connectivity index (χ4n) is 1.97. The Morgan fingerprint density at radius 2 is 2.12 bits per heavy atom. The predicted octanol–water partition coefficient (Wildman–Crippen LogP) is 0.595. The highest BCUT2D eigenvalue weighted by Gasteiger charge is 2.13. The third-order valence-corrected chi connectivity index (χ3v) is 2.86. The first kappa shape index (κ1) is 12.3. The van der Waals surface area contributed by atoms with E-state index in [1.54, 1.807) is 7.11 Å². The van der Waals surface area contributed by atoms with Gasteiger partial charge >= 0.3 is 0 Å². The molecule has 1 saturated heterocycles. The summed E-state index contributed by atoms with van der Waals surface area (Å²) >= 11 is 0. The second kappa shape index (κ2) is 5.93. The summed E-state index contributed by atoms with van der Waals surface area (Å²) in [6, 6.07) is 2.04. The molecule has 0 amide bonds. The van der Waals surface area contributed by atoms with E-state index in [-0.39, 0.29) is 0 Å². The van der Waals surface area contributed by atoms with E-state index in [0.717, 1.165) is 49.9 Å². The van der Waals surface area contributed by atoms with Crippen molar-refractivity contribution >= 4 is 5.82 Å². The van der Waals surface area contributed by atoms with E-state index in [0.29, 0.717) is 6.61 Å². The van der Waals surface area contributed by atoms with Gasteiger partial charge in [0.25, 0.3) is 0 Å². The lowest BCUT2D eigenvalue weighted by Gasteiger charge is -2.28. The number of hydrogen-bond acceptors (Lipinski definition) is 5. The molecule has 1 N–H and O–H groups in total. The van der Waals surface area contributed by atoms with Crippen LogP contribution in [0.15, 0.2) is 6.07 Å². The van der Waals surface area contributed by atoms with Crippen LogP contribution in [-0.4, -0.2) is 43.3 Å². The van der Waals surface area contributed by atoms with E-state index < -0.39 is 0 Å². The number of aromatic nitrogens is 2. The molecule has 1 aromatic heterocycles. The quantitative estimate of drug-likeness (QED) is 0.829. The lowest BCUT2D eigenvalue weighted by atomic mass is 10.3. The van der Waals surface area contributed by atoms with Gasteiger partial charge in [-0.3, -0.25) is 0 Å². The van der Waals surface area contributed by atoms with Gasteiger partial charge in [-0.1, -0.05) is 6.92 Å². The van der Waals surface area contributed by atoms with Crippen LogP contribution in [0, 0.1) is 0 Å². The van der Waals surface area contributed by atoms with Crippen LogP contribution >= 0.6 is 0 Å². The summed E-state index contributed by atoms with van der Waals surface area (Å²) < 4.78 is 5.15. The number of anilines is 1. The Balaban J connectivity index is 2.21. The fourth-order valence-corrected chi connectivity index (χ4v) is 1.97. The molecule has 0 bridgehead atoms. The number of hydrogen-bond donors (Lipinski definition) is 1. The van der Waals surface area contributed by atoms with Crippen molar-refractivity contribution < 1.29 is 4.74 Å². The van der Waals surface area contributed by atoms with E-state index in [1.807, 2.05) is 6.07 Å². The van der Waals surface area contributed by atoms with Crippen molar-refractivity contribution in [2.45, 2.75) is 20.0 Å². The van der Waals surface area contributed by atoms with Crippen molar-refractivity contribution in [3.63, 3.8) is 0 Å². The number of nitrogens with zero attached hydrogens (tertiary/aromatic N) is 3. The first-order valence-corrected chi connectivity index (χ1v) is 6.15. The molecule has 5 nitrogen and oxygen atoms in total. The summed E-state index contributed by atoms with van der Waals surface area (Å²) in [6.45, 7) is 6.68. The summed E-state index contributed by atoms with van der Waals surface area (Å²) in [7, 11) is 1.69. The Morgan fingerprint density at radius 3 is 2.76 bits per heavy atom. The summed E-state index contributed by atoms with van der Waals surface area (Å²) in [5.41, 5.74) is 0.966. The standard InChI is InChI=1S/C12H20N4O/c1-3-11-14-10(9-17-2)8-12(15-11)16-6-4-13-5-7-16/h8,13H,3-7,9H2,1-2H3. The Hall–Kier alpha value is -1.20. The van der Waals surface area contributed by atoms with Gasteiger partial charge in [-0.15, -0.1) is 0 Å². The molecule has 1 aromatic rings. The van der Waals surface area contributed by atoms with Crippen LogP contribution in [0.5, 0.6) is 0 Å². The molecule has 0 radical (unpaired) electrons. The minimum absolute atomic E-state index is 0.550. The van der Waals surface area contributed by atoms with Crippen LogP contribution in [0.25, 0.3) is 0 Å². The largest absolute Gasteiger partial charge is 0.378 e. The van der Waals surface area contributed by atoms with Gasteiger partial charge in [0.1, 0.15) is 11.6 Å². The molecule has 0 saturated carbocycles. The van der Waals surface area contributed by atoms with Gasteiger partial charge in [-0.05, 0) is 0 Å². The van der Waals surface area contributed by atoms with Gasteiger partial charge in [-0.2, -0.15) is 0 Å². The van der Waals surface area contributed by atoms with Crippen molar-refractivity contribution in [1.82, 2.24) is 15.3 Å². The molecule has 1 fully saturated rings. The molecule has 2 heterocycles. The molecular formula is C12H20N4O. The maximum absolute atomic E-state index is 5.15. The van der Waals surface area contributed by atoms with Gasteiger partial charge in [-0.25, -0.2) is 9.97 Å². The maximum atomic E-state index is 5.15. The average molecular weight is 236 g/mol. The van der Waals surface area contributed by atoms with Crippen LogP contribution in [0.4, 0.5) is 5.82 Å². The van der Waals surface area contributed by atoms with Crippen molar-refractivity contribution in [3.8, 4) is 0 Å². The first-order chi connectivity index (χ1) is 8.33. The van der Waals surface area contributed by atoms with Gasteiger partial charge in [0.15, 0.2) is 0 Å². The molecule has 5 heteroatoms. The summed E-state index contributed by atoms with van der Waals surface area (Å²) in [6.07, 6.45) is 0.858. The lowest BCUT2D eigenvalue weighted by Crippen LogP contribution is -2.44. The van der Waals surface area contributed by atoms with Crippen LogP contribution in [-0.2, 0) is 17.8 Å². The molecule has 2 rings (SSSR count).